The molecule has 1 atom stereocenters. The van der Waals surface area contributed by atoms with E-state index < -0.39 is 0 Å². The summed E-state index contributed by atoms with van der Waals surface area (Å²) in [5.74, 6) is 0. The SMILES string of the molecule is Cc1[nH]ncc1CCCNC1CCOC(C)(C)C1. The third kappa shape index (κ3) is 3.82. The van der Waals surface area contributed by atoms with Gasteiger partial charge < -0.3 is 10.1 Å². The lowest BCUT2D eigenvalue weighted by Gasteiger charge is -2.36. The maximum Gasteiger partial charge on any atom is 0.0641 e. The number of aryl methyl sites for hydroxylation is 2. The van der Waals surface area contributed by atoms with E-state index in [1.54, 1.807) is 0 Å². The van der Waals surface area contributed by atoms with E-state index in [2.05, 4.69) is 36.3 Å². The van der Waals surface area contributed by atoms with Gasteiger partial charge in [-0.3, -0.25) is 5.10 Å². The number of aromatic amines is 1. The third-order valence-corrected chi connectivity index (χ3v) is 3.69. The van der Waals surface area contributed by atoms with Crippen molar-refractivity contribution < 1.29 is 4.74 Å². The molecule has 2 rings (SSSR count). The van der Waals surface area contributed by atoms with Crippen molar-refractivity contribution in [1.29, 1.82) is 0 Å². The summed E-state index contributed by atoms with van der Waals surface area (Å²) in [6, 6.07) is 0.610. The number of hydrogen-bond acceptors (Lipinski definition) is 3. The molecule has 0 aliphatic carbocycles. The molecule has 0 aromatic carbocycles. The Bertz CT molecular complexity index is 373. The van der Waals surface area contributed by atoms with Gasteiger partial charge in [0.2, 0.25) is 0 Å². The Balaban J connectivity index is 1.65. The zero-order valence-corrected chi connectivity index (χ0v) is 11.8. The first-order valence-electron chi connectivity index (χ1n) is 6.93. The lowest BCUT2D eigenvalue weighted by atomic mass is 9.94. The second-order valence-corrected chi connectivity index (χ2v) is 5.88. The Morgan fingerprint density at radius 3 is 3.06 bits per heavy atom. The first-order valence-corrected chi connectivity index (χ1v) is 6.93. The summed E-state index contributed by atoms with van der Waals surface area (Å²) in [5, 5.41) is 10.7. The van der Waals surface area contributed by atoms with Gasteiger partial charge in [0, 0.05) is 18.3 Å². The third-order valence-electron chi connectivity index (χ3n) is 3.69. The van der Waals surface area contributed by atoms with Gasteiger partial charge in [-0.05, 0) is 58.6 Å². The second-order valence-electron chi connectivity index (χ2n) is 5.88. The second kappa shape index (κ2) is 5.85. The van der Waals surface area contributed by atoms with E-state index in [0.29, 0.717) is 6.04 Å². The van der Waals surface area contributed by atoms with Crippen molar-refractivity contribution in [3.05, 3.63) is 17.5 Å². The number of hydrogen-bond donors (Lipinski definition) is 2. The minimum atomic E-state index is 0.0388. The highest BCUT2D eigenvalue weighted by Crippen LogP contribution is 2.23. The van der Waals surface area contributed by atoms with Crippen LogP contribution in [0, 0.1) is 6.92 Å². The first kappa shape index (κ1) is 13.6. The van der Waals surface area contributed by atoms with Gasteiger partial charge in [0.1, 0.15) is 0 Å². The van der Waals surface area contributed by atoms with Crippen molar-refractivity contribution >= 4 is 0 Å². The average Bonchev–Trinajstić information content (AvgIpc) is 2.69. The van der Waals surface area contributed by atoms with Gasteiger partial charge in [-0.15, -0.1) is 0 Å². The van der Waals surface area contributed by atoms with Crippen molar-refractivity contribution in [1.82, 2.24) is 15.5 Å². The van der Waals surface area contributed by atoms with Crippen LogP contribution in [0.3, 0.4) is 0 Å². The van der Waals surface area contributed by atoms with Gasteiger partial charge in [-0.1, -0.05) is 0 Å². The molecule has 1 aromatic rings. The summed E-state index contributed by atoms with van der Waals surface area (Å²) < 4.78 is 5.72. The molecule has 2 N–H and O–H groups in total. The largest absolute Gasteiger partial charge is 0.375 e. The summed E-state index contributed by atoms with van der Waals surface area (Å²) in [5.41, 5.74) is 2.57. The monoisotopic (exact) mass is 251 g/mol. The molecule has 1 saturated heterocycles. The summed E-state index contributed by atoms with van der Waals surface area (Å²) in [7, 11) is 0. The van der Waals surface area contributed by atoms with Gasteiger partial charge in [0.15, 0.2) is 0 Å². The van der Waals surface area contributed by atoms with E-state index in [1.807, 2.05) is 6.20 Å². The Morgan fingerprint density at radius 2 is 2.39 bits per heavy atom. The zero-order valence-electron chi connectivity index (χ0n) is 11.8. The fourth-order valence-corrected chi connectivity index (χ4v) is 2.62. The maximum atomic E-state index is 5.72. The minimum Gasteiger partial charge on any atom is -0.375 e. The van der Waals surface area contributed by atoms with E-state index in [-0.39, 0.29) is 5.60 Å². The Morgan fingerprint density at radius 1 is 1.56 bits per heavy atom. The standard InChI is InChI=1S/C14H25N3O/c1-11-12(10-16-17-11)5-4-7-15-13-6-8-18-14(2,3)9-13/h10,13,15H,4-9H2,1-3H3,(H,16,17). The molecular formula is C14H25N3O. The Hall–Kier alpha value is -0.870. The van der Waals surface area contributed by atoms with E-state index in [4.69, 9.17) is 4.74 Å². The quantitative estimate of drug-likeness (QED) is 0.789. The number of ether oxygens (including phenoxy) is 1. The van der Waals surface area contributed by atoms with Gasteiger partial charge in [0.25, 0.3) is 0 Å². The zero-order chi connectivity index (χ0) is 13.0. The van der Waals surface area contributed by atoms with Gasteiger partial charge in [0.05, 0.1) is 11.8 Å². The van der Waals surface area contributed by atoms with Crippen LogP contribution in [0.4, 0.5) is 0 Å². The van der Waals surface area contributed by atoms with Crippen LogP contribution in [0.1, 0.15) is 44.4 Å². The summed E-state index contributed by atoms with van der Waals surface area (Å²) in [6.07, 6.45) is 6.44. The fourth-order valence-electron chi connectivity index (χ4n) is 2.62. The van der Waals surface area contributed by atoms with Crippen LogP contribution in [-0.4, -0.2) is 35.0 Å². The van der Waals surface area contributed by atoms with Crippen LogP contribution in [0.5, 0.6) is 0 Å². The van der Waals surface area contributed by atoms with Crippen molar-refractivity contribution in [2.75, 3.05) is 13.2 Å². The van der Waals surface area contributed by atoms with Crippen LogP contribution >= 0.6 is 0 Å². The molecule has 1 unspecified atom stereocenters. The molecule has 1 aliphatic heterocycles. The smallest absolute Gasteiger partial charge is 0.0641 e. The molecule has 2 heterocycles. The maximum absolute atomic E-state index is 5.72. The van der Waals surface area contributed by atoms with Gasteiger partial charge >= 0.3 is 0 Å². The molecule has 4 nitrogen and oxygen atoms in total. The van der Waals surface area contributed by atoms with Crippen LogP contribution in [-0.2, 0) is 11.2 Å². The average molecular weight is 251 g/mol. The molecule has 0 bridgehead atoms. The lowest BCUT2D eigenvalue weighted by Crippen LogP contribution is -2.44. The molecule has 1 fully saturated rings. The highest BCUT2D eigenvalue weighted by atomic mass is 16.5. The topological polar surface area (TPSA) is 49.9 Å². The van der Waals surface area contributed by atoms with Crippen molar-refractivity contribution in [3.8, 4) is 0 Å². The Labute approximate surface area is 110 Å². The molecule has 0 amide bonds. The highest BCUT2D eigenvalue weighted by molar-refractivity contribution is 5.14. The molecule has 4 heteroatoms. The van der Waals surface area contributed by atoms with Gasteiger partial charge in [-0.2, -0.15) is 5.10 Å². The molecule has 0 radical (unpaired) electrons. The Kier molecular flexibility index (Phi) is 4.40. The van der Waals surface area contributed by atoms with Crippen molar-refractivity contribution in [3.63, 3.8) is 0 Å². The lowest BCUT2D eigenvalue weighted by molar-refractivity contribution is -0.0627. The number of nitrogens with one attached hydrogen (secondary N) is 2. The predicted molar refractivity (Wildman–Crippen MR) is 72.7 cm³/mol. The summed E-state index contributed by atoms with van der Waals surface area (Å²) >= 11 is 0. The van der Waals surface area contributed by atoms with Crippen LogP contribution in [0.2, 0.25) is 0 Å². The number of nitrogens with zero attached hydrogens (tertiary/aromatic N) is 1. The number of rotatable bonds is 5. The number of H-pyrrole nitrogens is 1. The highest BCUT2D eigenvalue weighted by Gasteiger charge is 2.28. The predicted octanol–water partition coefficient (Wildman–Crippen LogP) is 2.20. The molecule has 0 saturated carbocycles. The molecular weight excluding hydrogens is 226 g/mol. The van der Waals surface area contributed by atoms with E-state index in [1.165, 1.54) is 11.3 Å². The normalized spacial score (nSPS) is 23.2. The minimum absolute atomic E-state index is 0.0388. The fraction of sp³-hybridized carbons (Fsp3) is 0.786. The molecule has 1 aromatic heterocycles. The molecule has 0 spiro atoms. The molecule has 102 valence electrons. The van der Waals surface area contributed by atoms with Crippen LogP contribution < -0.4 is 5.32 Å². The summed E-state index contributed by atoms with van der Waals surface area (Å²) in [6.45, 7) is 8.39. The van der Waals surface area contributed by atoms with E-state index in [0.717, 1.165) is 38.8 Å². The van der Waals surface area contributed by atoms with Crippen molar-refractivity contribution in [2.45, 2.75) is 58.1 Å². The van der Waals surface area contributed by atoms with Crippen LogP contribution in [0.25, 0.3) is 0 Å². The van der Waals surface area contributed by atoms with E-state index in [9.17, 15) is 0 Å². The van der Waals surface area contributed by atoms with Crippen molar-refractivity contribution in [2.24, 2.45) is 0 Å². The van der Waals surface area contributed by atoms with Crippen LogP contribution in [0.15, 0.2) is 6.20 Å². The van der Waals surface area contributed by atoms with Gasteiger partial charge in [-0.25, -0.2) is 0 Å². The summed E-state index contributed by atoms with van der Waals surface area (Å²) in [4.78, 5) is 0. The first-order chi connectivity index (χ1) is 8.57. The molecule has 1 aliphatic rings. The van der Waals surface area contributed by atoms with E-state index >= 15 is 0 Å². The number of aromatic nitrogens is 2. The molecule has 18 heavy (non-hydrogen) atoms.